The molecule has 2 aliphatic rings. The van der Waals surface area contributed by atoms with Gasteiger partial charge in [0, 0.05) is 24.3 Å². The van der Waals surface area contributed by atoms with Crippen molar-refractivity contribution in [2.45, 2.75) is 58.4 Å². The molecule has 0 unspecified atom stereocenters. The number of rotatable bonds is 5. The molecule has 3 atom stereocenters. The van der Waals surface area contributed by atoms with E-state index in [-0.39, 0.29) is 11.9 Å². The van der Waals surface area contributed by atoms with Gasteiger partial charge in [-0.15, -0.1) is 0 Å². The van der Waals surface area contributed by atoms with E-state index >= 15 is 0 Å². The van der Waals surface area contributed by atoms with Crippen molar-refractivity contribution in [3.05, 3.63) is 59.7 Å². The minimum Gasteiger partial charge on any atom is -0.341 e. The van der Waals surface area contributed by atoms with E-state index in [0.717, 1.165) is 42.5 Å². The Bertz CT molecular complexity index is 1030. The van der Waals surface area contributed by atoms with Gasteiger partial charge < -0.3 is 15.5 Å². The van der Waals surface area contributed by atoms with Crippen LogP contribution in [-0.2, 0) is 14.4 Å². The Morgan fingerprint density at radius 1 is 1.03 bits per heavy atom. The molecule has 2 aromatic carbocycles. The smallest absolute Gasteiger partial charge is 0.313 e. The molecule has 1 aliphatic heterocycles. The van der Waals surface area contributed by atoms with Gasteiger partial charge in [-0.1, -0.05) is 50.1 Å². The molecular formula is C27H33N3O3. The standard InChI is InChI=1S/C27H33N3O3/c1-18-8-5-10-20(16-18)25(23-13-4-3-9-19(23)2)29-27(33)26(32)28-21-11-6-12-22(17-21)30-15-7-14-24(30)31/h3-4,6,9,11-13,17-18,20,25H,5,7-8,10,14-16H2,1-2H3,(H,28,32)(H,29,33)/t18-,20+,25-/m1/s1. The first-order valence-corrected chi connectivity index (χ1v) is 12.0. The summed E-state index contributed by atoms with van der Waals surface area (Å²) < 4.78 is 0. The molecular weight excluding hydrogens is 414 g/mol. The molecule has 174 valence electrons. The third-order valence-corrected chi connectivity index (χ3v) is 6.95. The Balaban J connectivity index is 1.48. The summed E-state index contributed by atoms with van der Waals surface area (Å²) in [5.74, 6) is -0.335. The monoisotopic (exact) mass is 447 g/mol. The molecule has 6 nitrogen and oxygen atoms in total. The lowest BCUT2D eigenvalue weighted by Gasteiger charge is -2.34. The minimum atomic E-state index is -0.692. The van der Waals surface area contributed by atoms with Crippen LogP contribution >= 0.6 is 0 Å². The van der Waals surface area contributed by atoms with Crippen molar-refractivity contribution in [3.63, 3.8) is 0 Å². The Labute approximate surface area is 195 Å². The highest BCUT2D eigenvalue weighted by molar-refractivity contribution is 6.39. The third-order valence-electron chi connectivity index (χ3n) is 6.95. The number of amides is 3. The first-order valence-electron chi connectivity index (χ1n) is 12.0. The van der Waals surface area contributed by atoms with Gasteiger partial charge in [0.25, 0.3) is 0 Å². The number of hydrogen-bond donors (Lipinski definition) is 2. The van der Waals surface area contributed by atoms with E-state index in [4.69, 9.17) is 0 Å². The predicted molar refractivity (Wildman–Crippen MR) is 130 cm³/mol. The second-order valence-corrected chi connectivity index (χ2v) is 9.49. The molecule has 1 aliphatic carbocycles. The Morgan fingerprint density at radius 2 is 1.85 bits per heavy atom. The zero-order chi connectivity index (χ0) is 23.4. The molecule has 6 heteroatoms. The van der Waals surface area contributed by atoms with E-state index in [0.29, 0.717) is 30.5 Å². The van der Waals surface area contributed by atoms with Crippen LogP contribution in [0.5, 0.6) is 0 Å². The highest BCUT2D eigenvalue weighted by Gasteiger charge is 2.31. The summed E-state index contributed by atoms with van der Waals surface area (Å²) in [5.41, 5.74) is 3.44. The Hall–Kier alpha value is -3.15. The maximum atomic E-state index is 13.0. The number of anilines is 2. The Morgan fingerprint density at radius 3 is 2.58 bits per heavy atom. The second kappa shape index (κ2) is 10.2. The number of carbonyl (C=O) groups excluding carboxylic acids is 3. The van der Waals surface area contributed by atoms with Gasteiger partial charge in [0.1, 0.15) is 0 Å². The van der Waals surface area contributed by atoms with Crippen LogP contribution in [-0.4, -0.2) is 24.3 Å². The number of aryl methyl sites for hydroxylation is 1. The van der Waals surface area contributed by atoms with E-state index in [1.165, 1.54) is 6.42 Å². The number of nitrogens with one attached hydrogen (secondary N) is 2. The van der Waals surface area contributed by atoms with E-state index in [1.54, 1.807) is 23.1 Å². The summed E-state index contributed by atoms with van der Waals surface area (Å²) in [6.45, 7) is 4.98. The molecule has 2 aromatic rings. The quantitative estimate of drug-likeness (QED) is 0.650. The number of carbonyl (C=O) groups is 3. The molecule has 2 N–H and O–H groups in total. The molecule has 33 heavy (non-hydrogen) atoms. The molecule has 1 saturated heterocycles. The minimum absolute atomic E-state index is 0.0824. The second-order valence-electron chi connectivity index (χ2n) is 9.49. The van der Waals surface area contributed by atoms with Crippen molar-refractivity contribution in [1.29, 1.82) is 0 Å². The molecule has 1 saturated carbocycles. The van der Waals surface area contributed by atoms with Crippen LogP contribution in [0.4, 0.5) is 11.4 Å². The molecule has 0 radical (unpaired) electrons. The molecule has 2 fully saturated rings. The summed E-state index contributed by atoms with van der Waals surface area (Å²) in [6, 6.07) is 15.0. The van der Waals surface area contributed by atoms with Crippen molar-refractivity contribution in [1.82, 2.24) is 5.32 Å². The maximum absolute atomic E-state index is 13.0. The molecule has 0 bridgehead atoms. The van der Waals surface area contributed by atoms with E-state index in [2.05, 4.69) is 17.6 Å². The molecule has 4 rings (SSSR count). The largest absolute Gasteiger partial charge is 0.341 e. The van der Waals surface area contributed by atoms with Gasteiger partial charge in [-0.2, -0.15) is 0 Å². The summed E-state index contributed by atoms with van der Waals surface area (Å²) in [4.78, 5) is 39.5. The summed E-state index contributed by atoms with van der Waals surface area (Å²) in [5, 5.41) is 5.76. The van der Waals surface area contributed by atoms with Crippen LogP contribution in [0.25, 0.3) is 0 Å². The van der Waals surface area contributed by atoms with Crippen molar-refractivity contribution in [3.8, 4) is 0 Å². The predicted octanol–water partition coefficient (Wildman–Crippen LogP) is 4.74. The summed E-state index contributed by atoms with van der Waals surface area (Å²) in [7, 11) is 0. The van der Waals surface area contributed by atoms with Gasteiger partial charge in [-0.05, 0) is 67.3 Å². The van der Waals surface area contributed by atoms with Crippen LogP contribution in [0.2, 0.25) is 0 Å². The SMILES string of the molecule is Cc1ccccc1[C@H](NC(=O)C(=O)Nc1cccc(N2CCCC2=O)c1)[C@H]1CCC[C@@H](C)C1. The van der Waals surface area contributed by atoms with Gasteiger partial charge in [0.15, 0.2) is 0 Å². The molecule has 3 amide bonds. The normalized spacial score (nSPS) is 21.5. The fraction of sp³-hybridized carbons (Fsp3) is 0.444. The highest BCUT2D eigenvalue weighted by atomic mass is 16.2. The van der Waals surface area contributed by atoms with Crippen LogP contribution in [0.15, 0.2) is 48.5 Å². The molecule has 0 spiro atoms. The van der Waals surface area contributed by atoms with Crippen molar-refractivity contribution >= 4 is 29.1 Å². The lowest BCUT2D eigenvalue weighted by molar-refractivity contribution is -0.137. The highest BCUT2D eigenvalue weighted by Crippen LogP contribution is 2.38. The van der Waals surface area contributed by atoms with E-state index < -0.39 is 11.8 Å². The molecule has 1 heterocycles. The van der Waals surface area contributed by atoms with Crippen LogP contribution < -0.4 is 15.5 Å². The Kier molecular flexibility index (Phi) is 7.11. The van der Waals surface area contributed by atoms with Gasteiger partial charge in [-0.3, -0.25) is 14.4 Å². The van der Waals surface area contributed by atoms with Gasteiger partial charge >= 0.3 is 11.8 Å². The van der Waals surface area contributed by atoms with Crippen LogP contribution in [0.3, 0.4) is 0 Å². The molecule has 0 aromatic heterocycles. The topological polar surface area (TPSA) is 78.5 Å². The fourth-order valence-corrected chi connectivity index (χ4v) is 5.24. The van der Waals surface area contributed by atoms with Gasteiger partial charge in [-0.25, -0.2) is 0 Å². The van der Waals surface area contributed by atoms with E-state index in [1.807, 2.05) is 37.3 Å². The number of benzene rings is 2. The summed E-state index contributed by atoms with van der Waals surface area (Å²) >= 11 is 0. The number of hydrogen-bond acceptors (Lipinski definition) is 3. The zero-order valence-corrected chi connectivity index (χ0v) is 19.5. The average Bonchev–Trinajstić information content (AvgIpc) is 3.24. The van der Waals surface area contributed by atoms with Crippen molar-refractivity contribution in [2.75, 3.05) is 16.8 Å². The van der Waals surface area contributed by atoms with Crippen LogP contribution in [0, 0.1) is 18.8 Å². The lowest BCUT2D eigenvalue weighted by Crippen LogP contribution is -2.41. The average molecular weight is 448 g/mol. The lowest BCUT2D eigenvalue weighted by atomic mass is 9.76. The fourth-order valence-electron chi connectivity index (χ4n) is 5.24. The van der Waals surface area contributed by atoms with Crippen molar-refractivity contribution in [2.24, 2.45) is 11.8 Å². The van der Waals surface area contributed by atoms with Crippen LogP contribution in [0.1, 0.15) is 62.6 Å². The van der Waals surface area contributed by atoms with E-state index in [9.17, 15) is 14.4 Å². The first-order chi connectivity index (χ1) is 15.9. The third kappa shape index (κ3) is 5.44. The summed E-state index contributed by atoms with van der Waals surface area (Å²) in [6.07, 6.45) is 5.79. The number of nitrogens with zero attached hydrogens (tertiary/aromatic N) is 1. The van der Waals surface area contributed by atoms with Crippen molar-refractivity contribution < 1.29 is 14.4 Å². The zero-order valence-electron chi connectivity index (χ0n) is 19.5. The maximum Gasteiger partial charge on any atom is 0.313 e. The van der Waals surface area contributed by atoms with Gasteiger partial charge in [0.05, 0.1) is 6.04 Å². The van der Waals surface area contributed by atoms with Gasteiger partial charge in [0.2, 0.25) is 5.91 Å². The first kappa shape index (κ1) is 23.0.